The van der Waals surface area contributed by atoms with Crippen LogP contribution in [0.3, 0.4) is 0 Å². The van der Waals surface area contributed by atoms with Crippen molar-refractivity contribution >= 4 is 39.5 Å². The van der Waals surface area contributed by atoms with Crippen molar-refractivity contribution in [1.82, 2.24) is 0 Å². The van der Waals surface area contributed by atoms with Crippen LogP contribution in [0.2, 0.25) is 0 Å². The van der Waals surface area contributed by atoms with Crippen molar-refractivity contribution in [1.29, 1.82) is 0 Å². The van der Waals surface area contributed by atoms with Crippen LogP contribution in [-0.2, 0) is 65.4 Å². The fraction of sp³-hybridized carbons (Fsp3) is 0.944. The number of ether oxygens (including phenoxy) is 4. The Labute approximate surface area is 556 Å². The molecule has 0 spiro atoms. The fourth-order valence-corrected chi connectivity index (χ4v) is 12.4. The number of aliphatic hydroxyl groups is 1. The normalized spacial score (nSPS) is 14.5. The highest BCUT2D eigenvalue weighted by molar-refractivity contribution is 7.47. The average Bonchev–Trinajstić information content (AvgIpc) is 3.01. The highest BCUT2D eigenvalue weighted by atomic mass is 31.2. The Morgan fingerprint density at radius 2 is 0.560 bits per heavy atom. The third kappa shape index (κ3) is 65.1. The van der Waals surface area contributed by atoms with Crippen LogP contribution in [-0.4, -0.2) is 96.7 Å². The smallest absolute Gasteiger partial charge is 0.462 e. The van der Waals surface area contributed by atoms with E-state index < -0.39 is 97.5 Å². The molecule has 0 saturated heterocycles. The lowest BCUT2D eigenvalue weighted by molar-refractivity contribution is -0.161. The first-order valence-electron chi connectivity index (χ1n) is 37.4. The van der Waals surface area contributed by atoms with E-state index in [1.165, 1.54) is 167 Å². The summed E-state index contributed by atoms with van der Waals surface area (Å²) in [6, 6.07) is 0. The molecule has 0 aliphatic rings. The lowest BCUT2D eigenvalue weighted by Crippen LogP contribution is -2.30. The van der Waals surface area contributed by atoms with E-state index in [4.69, 9.17) is 37.0 Å². The summed E-state index contributed by atoms with van der Waals surface area (Å²) in [5, 5.41) is 10.6. The second-order valence-corrected chi connectivity index (χ2v) is 30.1. The number of hydrogen-bond acceptors (Lipinski definition) is 15. The summed E-state index contributed by atoms with van der Waals surface area (Å²) < 4.78 is 68.3. The molecule has 0 bridgehead atoms. The quantitative estimate of drug-likeness (QED) is 0.0222. The SMILES string of the molecule is CCCCCCCCCCCCCC(=O)O[C@H](COC(=O)CCCCCCCCC(C)CC)COP(=O)(O)OC[C@H](O)COP(=O)(O)OC[C@@H](COC(=O)CCCCCCCCCCCCC(C)C)OC(=O)CCCCCCCCCCCCCCCCC(C)C. The van der Waals surface area contributed by atoms with E-state index in [-0.39, 0.29) is 25.7 Å². The molecule has 0 aliphatic carbocycles. The van der Waals surface area contributed by atoms with Gasteiger partial charge in [0.2, 0.25) is 0 Å². The number of rotatable bonds is 70. The molecule has 3 N–H and O–H groups in total. The van der Waals surface area contributed by atoms with Crippen LogP contribution < -0.4 is 0 Å². The molecular formula is C72H140O17P2. The number of carbonyl (C=O) groups is 4. The van der Waals surface area contributed by atoms with Crippen LogP contribution in [0.4, 0.5) is 0 Å². The van der Waals surface area contributed by atoms with Gasteiger partial charge in [-0.2, -0.15) is 0 Å². The van der Waals surface area contributed by atoms with Crippen molar-refractivity contribution in [2.75, 3.05) is 39.6 Å². The third-order valence-electron chi connectivity index (χ3n) is 17.0. The first kappa shape index (κ1) is 89.1. The van der Waals surface area contributed by atoms with Gasteiger partial charge < -0.3 is 33.8 Å². The van der Waals surface area contributed by atoms with Crippen LogP contribution in [0.15, 0.2) is 0 Å². The maximum Gasteiger partial charge on any atom is 0.472 e. The summed E-state index contributed by atoms with van der Waals surface area (Å²) >= 11 is 0. The molecule has 6 atom stereocenters. The Hall–Kier alpha value is -1.94. The van der Waals surface area contributed by atoms with Crippen molar-refractivity contribution < 1.29 is 80.2 Å². The van der Waals surface area contributed by atoms with Gasteiger partial charge in [-0.3, -0.25) is 37.3 Å². The first-order valence-corrected chi connectivity index (χ1v) is 40.4. The van der Waals surface area contributed by atoms with Gasteiger partial charge in [0.25, 0.3) is 0 Å². The van der Waals surface area contributed by atoms with Crippen LogP contribution in [0, 0.1) is 17.8 Å². The Kier molecular flexibility index (Phi) is 61.5. The zero-order valence-electron chi connectivity index (χ0n) is 59.3. The second-order valence-electron chi connectivity index (χ2n) is 27.2. The van der Waals surface area contributed by atoms with E-state index in [0.717, 1.165) is 114 Å². The van der Waals surface area contributed by atoms with E-state index in [2.05, 4.69) is 48.5 Å². The molecule has 0 heterocycles. The number of phosphoric acid groups is 2. The van der Waals surface area contributed by atoms with E-state index in [0.29, 0.717) is 25.7 Å². The Morgan fingerprint density at radius 3 is 0.835 bits per heavy atom. The van der Waals surface area contributed by atoms with E-state index in [1.807, 2.05) is 0 Å². The van der Waals surface area contributed by atoms with E-state index in [1.54, 1.807) is 0 Å². The van der Waals surface area contributed by atoms with Gasteiger partial charge in [-0.05, 0) is 43.4 Å². The number of hydrogen-bond donors (Lipinski definition) is 3. The molecule has 0 amide bonds. The summed E-state index contributed by atoms with van der Waals surface area (Å²) in [5.74, 6) is 0.161. The lowest BCUT2D eigenvalue weighted by Gasteiger charge is -2.21. The fourth-order valence-electron chi connectivity index (χ4n) is 10.9. The third-order valence-corrected chi connectivity index (χ3v) is 18.9. The van der Waals surface area contributed by atoms with Gasteiger partial charge in [-0.25, -0.2) is 9.13 Å². The predicted molar refractivity (Wildman–Crippen MR) is 368 cm³/mol. The summed E-state index contributed by atoms with van der Waals surface area (Å²) in [4.78, 5) is 72.6. The standard InChI is InChI=1S/C72H140O17P2/c1-8-10-11-12-13-14-19-27-32-41-48-55-71(76)89-68(60-83-70(75)54-47-40-35-34-38-45-52-65(7)9-2)62-87-91(80,81)85-58-66(73)57-84-90(78,79)86-61-67(59-82-69(74)53-46-39-31-26-23-22-25-30-37-44-51-64(5)6)88-72(77)56-49-42-33-28-21-18-16-15-17-20-24-29-36-43-50-63(3)4/h63-68,73H,8-62H2,1-7H3,(H,78,79)(H,80,81)/t65?,66-,67-,68-/m1/s1. The predicted octanol–water partition coefficient (Wildman–Crippen LogP) is 20.6. The number of phosphoric ester groups is 2. The highest BCUT2D eigenvalue weighted by Gasteiger charge is 2.30. The number of carbonyl (C=O) groups excluding carboxylic acids is 4. The highest BCUT2D eigenvalue weighted by Crippen LogP contribution is 2.45. The van der Waals surface area contributed by atoms with Crippen molar-refractivity contribution in [2.45, 2.75) is 381 Å². The zero-order valence-corrected chi connectivity index (χ0v) is 61.1. The van der Waals surface area contributed by atoms with Gasteiger partial charge in [-0.15, -0.1) is 0 Å². The molecule has 3 unspecified atom stereocenters. The van der Waals surface area contributed by atoms with Gasteiger partial charge in [0, 0.05) is 25.7 Å². The van der Waals surface area contributed by atoms with Crippen LogP contribution >= 0.6 is 15.6 Å². The van der Waals surface area contributed by atoms with Crippen LogP contribution in [0.25, 0.3) is 0 Å². The summed E-state index contributed by atoms with van der Waals surface area (Å²) in [6.07, 6.45) is 47.1. The van der Waals surface area contributed by atoms with Crippen molar-refractivity contribution in [3.05, 3.63) is 0 Å². The van der Waals surface area contributed by atoms with Crippen molar-refractivity contribution in [2.24, 2.45) is 17.8 Å². The number of aliphatic hydroxyl groups excluding tert-OH is 1. The minimum atomic E-state index is -4.95. The van der Waals surface area contributed by atoms with Gasteiger partial charge >= 0.3 is 39.5 Å². The molecule has 19 heteroatoms. The maximum atomic E-state index is 13.0. The van der Waals surface area contributed by atoms with Gasteiger partial charge in [-0.1, -0.05) is 312 Å². The maximum absolute atomic E-state index is 13.0. The largest absolute Gasteiger partial charge is 0.472 e. The molecule has 0 aliphatic heterocycles. The summed E-state index contributed by atoms with van der Waals surface area (Å²) in [6.45, 7) is 11.8. The molecule has 0 aromatic carbocycles. The minimum absolute atomic E-state index is 0.106. The molecular weight excluding hydrogens is 1200 g/mol. The molecule has 17 nitrogen and oxygen atoms in total. The van der Waals surface area contributed by atoms with Gasteiger partial charge in [0.15, 0.2) is 12.2 Å². The summed E-state index contributed by atoms with van der Waals surface area (Å²) in [7, 11) is -9.90. The second kappa shape index (κ2) is 62.8. The van der Waals surface area contributed by atoms with Crippen molar-refractivity contribution in [3.8, 4) is 0 Å². The topological polar surface area (TPSA) is 237 Å². The van der Waals surface area contributed by atoms with Crippen LogP contribution in [0.1, 0.15) is 363 Å². The average molecular weight is 1340 g/mol. The van der Waals surface area contributed by atoms with Gasteiger partial charge in [0.05, 0.1) is 26.4 Å². The molecule has 540 valence electrons. The molecule has 91 heavy (non-hydrogen) atoms. The molecule has 0 aromatic heterocycles. The molecule has 0 rings (SSSR count). The monoisotopic (exact) mass is 1340 g/mol. The number of unbranched alkanes of at least 4 members (excludes halogenated alkanes) is 37. The summed E-state index contributed by atoms with van der Waals surface area (Å²) in [5.41, 5.74) is 0. The number of esters is 4. The van der Waals surface area contributed by atoms with E-state index >= 15 is 0 Å². The molecule has 0 radical (unpaired) electrons. The molecule has 0 saturated carbocycles. The van der Waals surface area contributed by atoms with Crippen molar-refractivity contribution in [3.63, 3.8) is 0 Å². The minimum Gasteiger partial charge on any atom is -0.462 e. The first-order chi connectivity index (χ1) is 43.8. The Balaban J connectivity index is 5.25. The van der Waals surface area contributed by atoms with Gasteiger partial charge in [0.1, 0.15) is 19.3 Å². The van der Waals surface area contributed by atoms with Crippen LogP contribution in [0.5, 0.6) is 0 Å². The molecule has 0 aromatic rings. The lowest BCUT2D eigenvalue weighted by atomic mass is 10.00. The van der Waals surface area contributed by atoms with E-state index in [9.17, 15) is 43.2 Å². The Bertz CT molecular complexity index is 1790. The Morgan fingerprint density at radius 1 is 0.319 bits per heavy atom. The zero-order chi connectivity index (χ0) is 67.3. The molecule has 0 fully saturated rings.